The van der Waals surface area contributed by atoms with E-state index < -0.39 is 5.41 Å². The molecule has 0 atom stereocenters. The van der Waals surface area contributed by atoms with Crippen molar-refractivity contribution in [1.29, 1.82) is 0 Å². The Kier molecular flexibility index (Phi) is 3.17. The van der Waals surface area contributed by atoms with Crippen LogP contribution in [0.3, 0.4) is 0 Å². The lowest BCUT2D eigenvalue weighted by Gasteiger charge is -2.20. The number of carbonyl (C=O) groups excluding carboxylic acids is 1. The highest BCUT2D eigenvalue weighted by Crippen LogP contribution is 2.21. The fourth-order valence-electron chi connectivity index (χ4n) is 1.05. The third kappa shape index (κ3) is 2.07. The first-order valence-electron chi connectivity index (χ1n) is 4.54. The van der Waals surface area contributed by atoms with E-state index in [2.05, 4.69) is 10.2 Å². The normalized spacial score (nSPS) is 11.1. The maximum atomic E-state index is 11.6. The molecule has 0 radical (unpaired) electrons. The van der Waals surface area contributed by atoms with Crippen molar-refractivity contribution in [3.63, 3.8) is 0 Å². The largest absolute Gasteiger partial charge is 0.465 e. The Hall–Kier alpha value is -1.45. The number of hydrogen-bond acceptors (Lipinski definition) is 4. The molecule has 0 aromatic carbocycles. The van der Waals surface area contributed by atoms with E-state index in [9.17, 15) is 4.79 Å². The van der Waals surface area contributed by atoms with Crippen molar-refractivity contribution in [3.8, 4) is 0 Å². The van der Waals surface area contributed by atoms with Crippen LogP contribution in [0.4, 0.5) is 0 Å². The quantitative estimate of drug-likeness (QED) is 0.681. The van der Waals surface area contributed by atoms with Crippen LogP contribution in [0.15, 0.2) is 18.3 Å². The summed E-state index contributed by atoms with van der Waals surface area (Å²) in [5.74, 6) is -0.277. The molecule has 0 saturated carbocycles. The van der Waals surface area contributed by atoms with Crippen LogP contribution < -0.4 is 0 Å². The van der Waals surface area contributed by atoms with Gasteiger partial charge in [0.2, 0.25) is 0 Å². The predicted octanol–water partition coefficient (Wildman–Crippen LogP) is 1.32. The molecule has 0 N–H and O–H groups in total. The van der Waals surface area contributed by atoms with E-state index in [-0.39, 0.29) is 5.97 Å². The smallest absolute Gasteiger partial charge is 0.317 e. The molecular formula is C10H14N2O2. The number of esters is 1. The number of rotatable bonds is 3. The molecule has 14 heavy (non-hydrogen) atoms. The third-order valence-corrected chi connectivity index (χ3v) is 2.00. The van der Waals surface area contributed by atoms with E-state index >= 15 is 0 Å². The molecule has 1 heterocycles. The monoisotopic (exact) mass is 194 g/mol. The molecule has 0 amide bonds. The molecule has 1 aromatic rings. The number of nitrogens with zero attached hydrogens (tertiary/aromatic N) is 2. The molecule has 0 aliphatic heterocycles. The maximum absolute atomic E-state index is 11.6. The van der Waals surface area contributed by atoms with Gasteiger partial charge in [-0.25, -0.2) is 0 Å². The van der Waals surface area contributed by atoms with Gasteiger partial charge in [-0.1, -0.05) is 0 Å². The first kappa shape index (κ1) is 10.6. The van der Waals surface area contributed by atoms with E-state index in [1.807, 2.05) is 0 Å². The number of hydrogen-bond donors (Lipinski definition) is 0. The topological polar surface area (TPSA) is 52.1 Å². The second-order valence-corrected chi connectivity index (χ2v) is 3.45. The highest BCUT2D eigenvalue weighted by Gasteiger charge is 2.32. The average Bonchev–Trinajstić information content (AvgIpc) is 2.19. The van der Waals surface area contributed by atoms with Crippen LogP contribution in [0.5, 0.6) is 0 Å². The van der Waals surface area contributed by atoms with Gasteiger partial charge in [-0.05, 0) is 32.9 Å². The van der Waals surface area contributed by atoms with Crippen molar-refractivity contribution in [2.45, 2.75) is 26.2 Å². The van der Waals surface area contributed by atoms with Crippen molar-refractivity contribution in [2.24, 2.45) is 0 Å². The maximum Gasteiger partial charge on any atom is 0.317 e. The fourth-order valence-corrected chi connectivity index (χ4v) is 1.05. The van der Waals surface area contributed by atoms with Crippen molar-refractivity contribution in [1.82, 2.24) is 10.2 Å². The summed E-state index contributed by atoms with van der Waals surface area (Å²) in [5.41, 5.74) is -0.108. The molecule has 0 bridgehead atoms. The molecule has 0 aliphatic rings. The zero-order valence-electron chi connectivity index (χ0n) is 8.65. The van der Waals surface area contributed by atoms with E-state index in [0.29, 0.717) is 12.3 Å². The van der Waals surface area contributed by atoms with Gasteiger partial charge in [-0.3, -0.25) is 4.79 Å². The Morgan fingerprint density at radius 3 is 2.79 bits per heavy atom. The summed E-state index contributed by atoms with van der Waals surface area (Å²) in [4.78, 5) is 11.6. The number of aromatic nitrogens is 2. The lowest BCUT2D eigenvalue weighted by molar-refractivity contribution is -0.149. The van der Waals surface area contributed by atoms with Crippen LogP contribution in [0, 0.1) is 0 Å². The van der Waals surface area contributed by atoms with E-state index in [4.69, 9.17) is 4.74 Å². The van der Waals surface area contributed by atoms with Crippen molar-refractivity contribution in [2.75, 3.05) is 6.61 Å². The molecule has 4 heteroatoms. The van der Waals surface area contributed by atoms with Gasteiger partial charge < -0.3 is 4.74 Å². The summed E-state index contributed by atoms with van der Waals surface area (Å²) in [5, 5.41) is 7.64. The fraction of sp³-hybridized carbons (Fsp3) is 0.500. The molecule has 0 fully saturated rings. The molecule has 76 valence electrons. The molecule has 4 nitrogen and oxygen atoms in total. The van der Waals surface area contributed by atoms with Crippen LogP contribution >= 0.6 is 0 Å². The van der Waals surface area contributed by atoms with Crippen LogP contribution in [-0.2, 0) is 14.9 Å². The van der Waals surface area contributed by atoms with Crippen LogP contribution in [0.2, 0.25) is 0 Å². The molecule has 1 rings (SSSR count). The first-order chi connectivity index (χ1) is 6.59. The second kappa shape index (κ2) is 4.17. The van der Waals surface area contributed by atoms with Gasteiger partial charge in [0.05, 0.1) is 12.3 Å². The minimum atomic E-state index is -0.732. The van der Waals surface area contributed by atoms with Crippen LogP contribution in [0.25, 0.3) is 0 Å². The van der Waals surface area contributed by atoms with E-state index in [1.54, 1.807) is 39.1 Å². The zero-order valence-corrected chi connectivity index (χ0v) is 8.65. The Morgan fingerprint density at radius 1 is 1.57 bits per heavy atom. The van der Waals surface area contributed by atoms with E-state index in [1.165, 1.54) is 0 Å². The third-order valence-electron chi connectivity index (χ3n) is 2.00. The van der Waals surface area contributed by atoms with Gasteiger partial charge in [-0.15, -0.1) is 0 Å². The van der Waals surface area contributed by atoms with Gasteiger partial charge in [0.25, 0.3) is 0 Å². The zero-order chi connectivity index (χ0) is 10.6. The summed E-state index contributed by atoms with van der Waals surface area (Å²) in [6.07, 6.45) is 1.57. The van der Waals surface area contributed by atoms with Crippen LogP contribution in [0.1, 0.15) is 26.5 Å². The molecule has 0 saturated heterocycles. The second-order valence-electron chi connectivity index (χ2n) is 3.45. The average molecular weight is 194 g/mol. The molecule has 1 aromatic heterocycles. The predicted molar refractivity (Wildman–Crippen MR) is 51.7 cm³/mol. The minimum Gasteiger partial charge on any atom is -0.465 e. The van der Waals surface area contributed by atoms with Crippen molar-refractivity contribution >= 4 is 5.97 Å². The molecule has 0 aliphatic carbocycles. The standard InChI is InChI=1S/C10H14N2O2/c1-4-14-9(13)10(2,3)8-6-5-7-11-12-8/h5-7H,4H2,1-3H3. The van der Waals surface area contributed by atoms with Gasteiger partial charge in [0, 0.05) is 6.20 Å². The lowest BCUT2D eigenvalue weighted by Crippen LogP contribution is -2.32. The van der Waals surface area contributed by atoms with Crippen molar-refractivity contribution in [3.05, 3.63) is 24.0 Å². The minimum absolute atomic E-state index is 0.277. The summed E-state index contributed by atoms with van der Waals surface area (Å²) in [7, 11) is 0. The summed E-state index contributed by atoms with van der Waals surface area (Å²) >= 11 is 0. The highest BCUT2D eigenvalue weighted by molar-refractivity contribution is 5.81. The SMILES string of the molecule is CCOC(=O)C(C)(C)c1cccnn1. The lowest BCUT2D eigenvalue weighted by atomic mass is 9.89. The summed E-state index contributed by atoms with van der Waals surface area (Å²) in [6, 6.07) is 3.52. The first-order valence-corrected chi connectivity index (χ1v) is 4.54. The van der Waals surface area contributed by atoms with Gasteiger partial charge >= 0.3 is 5.97 Å². The Labute approximate surface area is 83.3 Å². The van der Waals surface area contributed by atoms with Crippen molar-refractivity contribution < 1.29 is 9.53 Å². The Morgan fingerprint density at radius 2 is 2.29 bits per heavy atom. The van der Waals surface area contributed by atoms with Crippen LogP contribution in [-0.4, -0.2) is 22.8 Å². The molecule has 0 spiro atoms. The van der Waals surface area contributed by atoms with Gasteiger partial charge in [0.1, 0.15) is 5.41 Å². The van der Waals surface area contributed by atoms with Gasteiger partial charge in [0.15, 0.2) is 0 Å². The summed E-state index contributed by atoms with van der Waals surface area (Å²) < 4.78 is 4.95. The number of ether oxygens (including phenoxy) is 1. The number of carbonyl (C=O) groups is 1. The van der Waals surface area contributed by atoms with Gasteiger partial charge in [-0.2, -0.15) is 10.2 Å². The highest BCUT2D eigenvalue weighted by atomic mass is 16.5. The summed E-state index contributed by atoms with van der Waals surface area (Å²) in [6.45, 7) is 5.71. The molecular weight excluding hydrogens is 180 g/mol. The molecule has 0 unspecified atom stereocenters. The Bertz CT molecular complexity index is 309. The Balaban J connectivity index is 2.90. The van der Waals surface area contributed by atoms with E-state index in [0.717, 1.165) is 0 Å².